The maximum Gasteiger partial charge on any atom is 0.227 e. The quantitative estimate of drug-likeness (QED) is 0.820. The van der Waals surface area contributed by atoms with Crippen LogP contribution in [0.2, 0.25) is 0 Å². The Morgan fingerprint density at radius 2 is 2.00 bits per heavy atom. The van der Waals surface area contributed by atoms with Crippen molar-refractivity contribution < 1.29 is 4.79 Å². The van der Waals surface area contributed by atoms with Crippen molar-refractivity contribution in [2.24, 2.45) is 17.6 Å². The van der Waals surface area contributed by atoms with Crippen molar-refractivity contribution in [3.8, 4) is 11.8 Å². The third kappa shape index (κ3) is 4.61. The fourth-order valence-electron chi connectivity index (χ4n) is 2.85. The largest absolute Gasteiger partial charge is 0.326 e. The van der Waals surface area contributed by atoms with Gasteiger partial charge < -0.3 is 11.1 Å². The molecule has 0 aliphatic heterocycles. The van der Waals surface area contributed by atoms with E-state index in [1.165, 1.54) is 0 Å². The summed E-state index contributed by atoms with van der Waals surface area (Å²) in [5.41, 5.74) is 8.22. The monoisotopic (exact) mass is 284 g/mol. The highest BCUT2D eigenvalue weighted by Crippen LogP contribution is 2.29. The van der Waals surface area contributed by atoms with Gasteiger partial charge in [-0.2, -0.15) is 0 Å². The van der Waals surface area contributed by atoms with Gasteiger partial charge in [0.25, 0.3) is 0 Å². The van der Waals surface area contributed by atoms with Gasteiger partial charge >= 0.3 is 0 Å². The summed E-state index contributed by atoms with van der Waals surface area (Å²) in [6, 6.07) is 5.90. The zero-order valence-corrected chi connectivity index (χ0v) is 12.9. The van der Waals surface area contributed by atoms with Crippen LogP contribution in [-0.2, 0) is 4.79 Å². The zero-order chi connectivity index (χ0) is 15.2. The van der Waals surface area contributed by atoms with E-state index in [1.807, 2.05) is 25.1 Å². The molecule has 1 aliphatic rings. The molecule has 1 fully saturated rings. The van der Waals surface area contributed by atoms with Gasteiger partial charge in [-0.15, -0.1) is 0 Å². The fraction of sp³-hybridized carbons (Fsp3) is 0.500. The Bertz CT molecular complexity index is 560. The van der Waals surface area contributed by atoms with Gasteiger partial charge in [0.1, 0.15) is 0 Å². The van der Waals surface area contributed by atoms with Gasteiger partial charge in [0.15, 0.2) is 0 Å². The minimum atomic E-state index is 0.144. The van der Waals surface area contributed by atoms with Crippen molar-refractivity contribution in [3.05, 3.63) is 29.3 Å². The first-order valence-electron chi connectivity index (χ1n) is 7.70. The number of hydrogen-bond acceptors (Lipinski definition) is 2. The normalized spacial score (nSPS) is 21.3. The number of amides is 1. The van der Waals surface area contributed by atoms with Crippen LogP contribution < -0.4 is 11.1 Å². The van der Waals surface area contributed by atoms with Crippen LogP contribution in [0.15, 0.2) is 18.2 Å². The van der Waals surface area contributed by atoms with Crippen molar-refractivity contribution in [1.82, 2.24) is 0 Å². The molecule has 3 N–H and O–H groups in total. The van der Waals surface area contributed by atoms with E-state index in [0.717, 1.165) is 48.4 Å². The van der Waals surface area contributed by atoms with Gasteiger partial charge in [-0.3, -0.25) is 4.79 Å². The summed E-state index contributed by atoms with van der Waals surface area (Å²) < 4.78 is 0. The highest BCUT2D eigenvalue weighted by molar-refractivity contribution is 5.92. The lowest BCUT2D eigenvalue weighted by Crippen LogP contribution is -2.26. The molecule has 0 bridgehead atoms. The molecule has 112 valence electrons. The summed E-state index contributed by atoms with van der Waals surface area (Å²) >= 11 is 0. The fourth-order valence-corrected chi connectivity index (χ4v) is 2.85. The molecular formula is C18H24N2O. The van der Waals surface area contributed by atoms with Crippen LogP contribution in [0.3, 0.4) is 0 Å². The third-order valence-corrected chi connectivity index (χ3v) is 4.07. The Morgan fingerprint density at radius 3 is 2.67 bits per heavy atom. The number of hydrogen-bond donors (Lipinski definition) is 2. The predicted molar refractivity (Wildman–Crippen MR) is 86.9 cm³/mol. The smallest absolute Gasteiger partial charge is 0.227 e. The molecule has 3 heteroatoms. The average Bonchev–Trinajstić information content (AvgIpc) is 2.45. The summed E-state index contributed by atoms with van der Waals surface area (Å²) in [7, 11) is 0. The van der Waals surface area contributed by atoms with Gasteiger partial charge in [-0.25, -0.2) is 0 Å². The molecule has 1 aromatic rings. The number of nitrogens with one attached hydrogen (secondary N) is 1. The Hall–Kier alpha value is -1.79. The molecule has 3 nitrogen and oxygen atoms in total. The second kappa shape index (κ2) is 7.28. The molecule has 1 saturated carbocycles. The minimum absolute atomic E-state index is 0.144. The second-order valence-electron chi connectivity index (χ2n) is 6.04. The highest BCUT2D eigenvalue weighted by atomic mass is 16.1. The molecule has 0 heterocycles. The van der Waals surface area contributed by atoms with Crippen LogP contribution in [0.4, 0.5) is 5.69 Å². The Kier molecular flexibility index (Phi) is 5.41. The van der Waals surface area contributed by atoms with Crippen molar-refractivity contribution in [3.63, 3.8) is 0 Å². The molecule has 0 radical (unpaired) electrons. The van der Waals surface area contributed by atoms with Crippen molar-refractivity contribution >= 4 is 11.6 Å². The summed E-state index contributed by atoms with van der Waals surface area (Å²) in [6.07, 6.45) is 4.30. The van der Waals surface area contributed by atoms with Gasteiger partial charge in [-0.1, -0.05) is 18.8 Å². The first kappa shape index (κ1) is 15.6. The standard InChI is InChI=1S/C18H24N2O/c1-13-5-7-16(8-6-13)18(21)20-17-11-14(2)10-15(12-17)4-3-9-19/h10-13,16H,5-9,19H2,1-2H3,(H,20,21). The zero-order valence-electron chi connectivity index (χ0n) is 12.9. The van der Waals surface area contributed by atoms with E-state index in [-0.39, 0.29) is 11.8 Å². The second-order valence-corrected chi connectivity index (χ2v) is 6.04. The van der Waals surface area contributed by atoms with Gasteiger partial charge in [-0.05, 0) is 62.3 Å². The maximum absolute atomic E-state index is 12.3. The Labute approximate surface area is 127 Å². The summed E-state index contributed by atoms with van der Waals surface area (Å²) in [5, 5.41) is 3.05. The van der Waals surface area contributed by atoms with Crippen LogP contribution in [-0.4, -0.2) is 12.5 Å². The molecule has 1 aromatic carbocycles. The number of nitrogens with two attached hydrogens (primary N) is 1. The first-order chi connectivity index (χ1) is 10.1. The van der Waals surface area contributed by atoms with Crippen LogP contribution in [0, 0.1) is 30.6 Å². The molecule has 0 saturated heterocycles. The van der Waals surface area contributed by atoms with E-state index in [9.17, 15) is 4.79 Å². The first-order valence-corrected chi connectivity index (χ1v) is 7.70. The number of aryl methyl sites for hydroxylation is 1. The SMILES string of the molecule is Cc1cc(C#CCN)cc(NC(=O)C2CCC(C)CC2)c1. The number of rotatable bonds is 2. The lowest BCUT2D eigenvalue weighted by atomic mass is 9.82. The van der Waals surface area contributed by atoms with E-state index in [1.54, 1.807) is 0 Å². The van der Waals surface area contributed by atoms with Crippen LogP contribution in [0.1, 0.15) is 43.7 Å². The molecule has 2 rings (SSSR count). The lowest BCUT2D eigenvalue weighted by Gasteiger charge is -2.25. The summed E-state index contributed by atoms with van der Waals surface area (Å²) in [6.45, 7) is 4.61. The van der Waals surface area contributed by atoms with E-state index >= 15 is 0 Å². The third-order valence-electron chi connectivity index (χ3n) is 4.07. The molecule has 0 atom stereocenters. The lowest BCUT2D eigenvalue weighted by molar-refractivity contribution is -0.121. The van der Waals surface area contributed by atoms with Gasteiger partial charge in [0.2, 0.25) is 5.91 Å². The summed E-state index contributed by atoms with van der Waals surface area (Å²) in [5.74, 6) is 6.92. The van der Waals surface area contributed by atoms with Crippen molar-refractivity contribution in [1.29, 1.82) is 0 Å². The van der Waals surface area contributed by atoms with Crippen LogP contribution in [0.5, 0.6) is 0 Å². The molecular weight excluding hydrogens is 260 g/mol. The highest BCUT2D eigenvalue weighted by Gasteiger charge is 2.24. The van der Waals surface area contributed by atoms with E-state index in [4.69, 9.17) is 5.73 Å². The Morgan fingerprint density at radius 1 is 1.29 bits per heavy atom. The van der Waals surface area contributed by atoms with E-state index in [2.05, 4.69) is 24.1 Å². The predicted octanol–water partition coefficient (Wildman–Crippen LogP) is 3.07. The molecule has 0 unspecified atom stereocenters. The topological polar surface area (TPSA) is 55.1 Å². The van der Waals surface area contributed by atoms with E-state index < -0.39 is 0 Å². The molecule has 21 heavy (non-hydrogen) atoms. The van der Waals surface area contributed by atoms with E-state index in [0.29, 0.717) is 6.54 Å². The number of anilines is 1. The van der Waals surface area contributed by atoms with Gasteiger partial charge in [0.05, 0.1) is 6.54 Å². The van der Waals surface area contributed by atoms with Crippen molar-refractivity contribution in [2.75, 3.05) is 11.9 Å². The van der Waals surface area contributed by atoms with Crippen LogP contribution in [0.25, 0.3) is 0 Å². The number of carbonyl (C=O) groups is 1. The van der Waals surface area contributed by atoms with Crippen molar-refractivity contribution in [2.45, 2.75) is 39.5 Å². The maximum atomic E-state index is 12.3. The number of benzene rings is 1. The molecule has 1 amide bonds. The minimum Gasteiger partial charge on any atom is -0.326 e. The summed E-state index contributed by atoms with van der Waals surface area (Å²) in [4.78, 5) is 12.3. The molecule has 0 spiro atoms. The Balaban J connectivity index is 2.05. The van der Waals surface area contributed by atoms with Crippen LogP contribution >= 0.6 is 0 Å². The molecule has 1 aliphatic carbocycles. The molecule has 0 aromatic heterocycles. The van der Waals surface area contributed by atoms with Gasteiger partial charge in [0, 0.05) is 17.2 Å². The average molecular weight is 284 g/mol. The number of carbonyl (C=O) groups excluding carboxylic acids is 1.